The first-order valence-corrected chi connectivity index (χ1v) is 6.67. The highest BCUT2D eigenvalue weighted by Gasteiger charge is 2.07. The van der Waals surface area contributed by atoms with Gasteiger partial charge in [-0.15, -0.1) is 11.8 Å². The standard InChI is InChI=1S/C12H12OS2/c13-12(10-6-7-14-8-10)9-15-11-4-2-1-3-5-11/h1-8,12-13H,9H2. The number of rotatable bonds is 4. The Balaban J connectivity index is 1.89. The summed E-state index contributed by atoms with van der Waals surface area (Å²) in [4.78, 5) is 1.20. The normalized spacial score (nSPS) is 12.6. The molecule has 78 valence electrons. The quantitative estimate of drug-likeness (QED) is 0.819. The van der Waals surface area contributed by atoms with E-state index in [1.165, 1.54) is 4.90 Å². The second-order valence-electron chi connectivity index (χ2n) is 3.20. The Hall–Kier alpha value is -0.770. The van der Waals surface area contributed by atoms with Crippen LogP contribution in [0.5, 0.6) is 0 Å². The molecule has 0 bridgehead atoms. The highest BCUT2D eigenvalue weighted by molar-refractivity contribution is 7.99. The Labute approximate surface area is 97.8 Å². The third kappa shape index (κ3) is 3.09. The fraction of sp³-hybridized carbons (Fsp3) is 0.167. The Kier molecular flexibility index (Phi) is 3.83. The monoisotopic (exact) mass is 236 g/mol. The van der Waals surface area contributed by atoms with Crippen LogP contribution in [0.25, 0.3) is 0 Å². The SMILES string of the molecule is OC(CSc1ccccc1)c1ccsc1. The number of aliphatic hydroxyl groups is 1. The maximum atomic E-state index is 9.86. The number of benzene rings is 1. The largest absolute Gasteiger partial charge is 0.388 e. The van der Waals surface area contributed by atoms with E-state index in [2.05, 4.69) is 12.1 Å². The van der Waals surface area contributed by atoms with Crippen LogP contribution >= 0.6 is 23.1 Å². The molecule has 0 saturated heterocycles. The summed E-state index contributed by atoms with van der Waals surface area (Å²) in [6.45, 7) is 0. The van der Waals surface area contributed by atoms with Crippen LogP contribution in [0.4, 0.5) is 0 Å². The van der Waals surface area contributed by atoms with Crippen LogP contribution in [0.2, 0.25) is 0 Å². The van der Waals surface area contributed by atoms with Gasteiger partial charge in [-0.3, -0.25) is 0 Å². The van der Waals surface area contributed by atoms with E-state index < -0.39 is 0 Å². The Bertz CT molecular complexity index is 383. The number of hydrogen-bond donors (Lipinski definition) is 1. The first kappa shape index (κ1) is 10.7. The van der Waals surface area contributed by atoms with Crippen molar-refractivity contribution in [2.45, 2.75) is 11.0 Å². The van der Waals surface area contributed by atoms with E-state index in [1.54, 1.807) is 23.1 Å². The zero-order valence-corrected chi connectivity index (χ0v) is 9.80. The minimum Gasteiger partial charge on any atom is -0.388 e. The highest BCUT2D eigenvalue weighted by Crippen LogP contribution is 2.25. The fourth-order valence-electron chi connectivity index (χ4n) is 1.25. The number of aliphatic hydroxyl groups excluding tert-OH is 1. The van der Waals surface area contributed by atoms with Crippen molar-refractivity contribution in [3.63, 3.8) is 0 Å². The summed E-state index contributed by atoms with van der Waals surface area (Å²) in [5.74, 6) is 0.709. The van der Waals surface area contributed by atoms with E-state index in [0.717, 1.165) is 5.56 Å². The van der Waals surface area contributed by atoms with Gasteiger partial charge < -0.3 is 5.11 Å². The molecule has 0 radical (unpaired) electrons. The summed E-state index contributed by atoms with van der Waals surface area (Å²) in [5, 5.41) is 13.8. The van der Waals surface area contributed by atoms with Gasteiger partial charge in [0.05, 0.1) is 6.10 Å². The molecule has 0 aliphatic carbocycles. The van der Waals surface area contributed by atoms with E-state index in [9.17, 15) is 5.11 Å². The summed E-state index contributed by atoms with van der Waals surface area (Å²) in [5.41, 5.74) is 1.02. The molecule has 0 fully saturated rings. The molecule has 1 aromatic heterocycles. The zero-order chi connectivity index (χ0) is 10.5. The molecule has 1 nitrogen and oxygen atoms in total. The van der Waals surface area contributed by atoms with E-state index in [1.807, 2.05) is 35.0 Å². The van der Waals surface area contributed by atoms with Gasteiger partial charge in [-0.25, -0.2) is 0 Å². The van der Waals surface area contributed by atoms with Gasteiger partial charge in [0.25, 0.3) is 0 Å². The van der Waals surface area contributed by atoms with Gasteiger partial charge in [0, 0.05) is 10.6 Å². The van der Waals surface area contributed by atoms with Crippen LogP contribution in [0.15, 0.2) is 52.1 Å². The first-order chi connectivity index (χ1) is 7.36. The third-order valence-electron chi connectivity index (χ3n) is 2.08. The van der Waals surface area contributed by atoms with Gasteiger partial charge in [0.1, 0.15) is 0 Å². The summed E-state index contributed by atoms with van der Waals surface area (Å²) in [6.07, 6.45) is -0.360. The van der Waals surface area contributed by atoms with Crippen molar-refractivity contribution in [3.8, 4) is 0 Å². The molecule has 15 heavy (non-hydrogen) atoms. The van der Waals surface area contributed by atoms with Crippen LogP contribution in [0.3, 0.4) is 0 Å². The molecule has 0 aliphatic heterocycles. The molecule has 2 rings (SSSR count). The highest BCUT2D eigenvalue weighted by atomic mass is 32.2. The predicted octanol–water partition coefficient (Wildman–Crippen LogP) is 3.57. The number of thioether (sulfide) groups is 1. The molecule has 0 spiro atoms. The molecule has 1 N–H and O–H groups in total. The van der Waals surface area contributed by atoms with Crippen LogP contribution in [0, 0.1) is 0 Å². The van der Waals surface area contributed by atoms with Crippen molar-refractivity contribution in [2.75, 3.05) is 5.75 Å². The molecule has 3 heteroatoms. The van der Waals surface area contributed by atoms with Gasteiger partial charge in [-0.2, -0.15) is 11.3 Å². The molecular formula is C12H12OS2. The second kappa shape index (κ2) is 5.35. The van der Waals surface area contributed by atoms with Gasteiger partial charge in [-0.05, 0) is 34.5 Å². The molecule has 0 amide bonds. The Morgan fingerprint density at radius 2 is 2.00 bits per heavy atom. The van der Waals surface area contributed by atoms with E-state index in [0.29, 0.717) is 5.75 Å². The molecular weight excluding hydrogens is 224 g/mol. The van der Waals surface area contributed by atoms with Gasteiger partial charge in [0.2, 0.25) is 0 Å². The van der Waals surface area contributed by atoms with Crippen molar-refractivity contribution >= 4 is 23.1 Å². The maximum absolute atomic E-state index is 9.86. The molecule has 1 aromatic carbocycles. The molecule has 1 atom stereocenters. The van der Waals surface area contributed by atoms with E-state index >= 15 is 0 Å². The molecule has 2 aromatic rings. The van der Waals surface area contributed by atoms with Crippen LogP contribution in [0.1, 0.15) is 11.7 Å². The number of thiophene rings is 1. The van der Waals surface area contributed by atoms with Crippen molar-refractivity contribution in [2.24, 2.45) is 0 Å². The van der Waals surface area contributed by atoms with Crippen LogP contribution in [-0.2, 0) is 0 Å². The molecule has 0 aliphatic rings. The van der Waals surface area contributed by atoms with E-state index in [4.69, 9.17) is 0 Å². The number of hydrogen-bond acceptors (Lipinski definition) is 3. The summed E-state index contributed by atoms with van der Waals surface area (Å²) in [7, 11) is 0. The van der Waals surface area contributed by atoms with Gasteiger partial charge >= 0.3 is 0 Å². The van der Waals surface area contributed by atoms with Crippen LogP contribution in [-0.4, -0.2) is 10.9 Å². The van der Waals surface area contributed by atoms with Crippen molar-refractivity contribution in [1.29, 1.82) is 0 Å². The molecule has 1 heterocycles. The predicted molar refractivity (Wildman–Crippen MR) is 66.4 cm³/mol. The lowest BCUT2D eigenvalue weighted by Crippen LogP contribution is -1.98. The van der Waals surface area contributed by atoms with Gasteiger partial charge in [0.15, 0.2) is 0 Å². The summed E-state index contributed by atoms with van der Waals surface area (Å²) >= 11 is 3.30. The summed E-state index contributed by atoms with van der Waals surface area (Å²) < 4.78 is 0. The Morgan fingerprint density at radius 3 is 2.67 bits per heavy atom. The van der Waals surface area contributed by atoms with E-state index in [-0.39, 0.29) is 6.10 Å². The minimum absolute atomic E-state index is 0.360. The fourth-order valence-corrected chi connectivity index (χ4v) is 2.85. The molecule has 0 saturated carbocycles. The average molecular weight is 236 g/mol. The topological polar surface area (TPSA) is 20.2 Å². The lowest BCUT2D eigenvalue weighted by atomic mass is 10.2. The lowest BCUT2D eigenvalue weighted by Gasteiger charge is -2.07. The Morgan fingerprint density at radius 1 is 1.20 bits per heavy atom. The smallest absolute Gasteiger partial charge is 0.0891 e. The maximum Gasteiger partial charge on any atom is 0.0891 e. The zero-order valence-electron chi connectivity index (χ0n) is 8.17. The van der Waals surface area contributed by atoms with Crippen molar-refractivity contribution in [1.82, 2.24) is 0 Å². The summed E-state index contributed by atoms with van der Waals surface area (Å²) in [6, 6.07) is 12.1. The second-order valence-corrected chi connectivity index (χ2v) is 5.07. The van der Waals surface area contributed by atoms with Gasteiger partial charge in [-0.1, -0.05) is 18.2 Å². The van der Waals surface area contributed by atoms with Crippen molar-refractivity contribution < 1.29 is 5.11 Å². The van der Waals surface area contributed by atoms with Crippen molar-refractivity contribution in [3.05, 3.63) is 52.7 Å². The molecule has 1 unspecified atom stereocenters. The van der Waals surface area contributed by atoms with Crippen LogP contribution < -0.4 is 0 Å². The lowest BCUT2D eigenvalue weighted by molar-refractivity contribution is 0.204. The minimum atomic E-state index is -0.360. The average Bonchev–Trinajstić information content (AvgIpc) is 2.81. The first-order valence-electron chi connectivity index (χ1n) is 4.74. The third-order valence-corrected chi connectivity index (χ3v) is 3.87.